The van der Waals surface area contributed by atoms with Crippen LogP contribution in [-0.4, -0.2) is 19.6 Å². The van der Waals surface area contributed by atoms with Gasteiger partial charge >= 0.3 is 0 Å². The van der Waals surface area contributed by atoms with E-state index >= 15 is 0 Å². The summed E-state index contributed by atoms with van der Waals surface area (Å²) in [5.41, 5.74) is 1.20. The molecule has 0 aromatic heterocycles. The van der Waals surface area contributed by atoms with Gasteiger partial charge in [0.1, 0.15) is 0 Å². The van der Waals surface area contributed by atoms with Gasteiger partial charge in [0.05, 0.1) is 24.8 Å². The van der Waals surface area contributed by atoms with Gasteiger partial charge in [-0.2, -0.15) is 5.26 Å². The molecular formula is C18H16Cl2N2O3. The third-order valence-electron chi connectivity index (χ3n) is 3.46. The van der Waals surface area contributed by atoms with Crippen LogP contribution >= 0.6 is 23.2 Å². The van der Waals surface area contributed by atoms with Gasteiger partial charge < -0.3 is 14.8 Å². The summed E-state index contributed by atoms with van der Waals surface area (Å²) in [5.74, 6) is 0.458. The monoisotopic (exact) mass is 378 g/mol. The first-order valence-electron chi connectivity index (χ1n) is 7.40. The van der Waals surface area contributed by atoms with Crippen molar-refractivity contribution in [1.29, 1.82) is 5.26 Å². The van der Waals surface area contributed by atoms with E-state index in [1.807, 2.05) is 13.0 Å². The average molecular weight is 379 g/mol. The van der Waals surface area contributed by atoms with Gasteiger partial charge in [0.25, 0.3) is 5.91 Å². The van der Waals surface area contributed by atoms with E-state index in [0.717, 1.165) is 5.56 Å². The van der Waals surface area contributed by atoms with Gasteiger partial charge in [0.2, 0.25) is 0 Å². The van der Waals surface area contributed by atoms with E-state index in [0.29, 0.717) is 27.1 Å². The predicted molar refractivity (Wildman–Crippen MR) is 96.2 cm³/mol. The Labute approximate surface area is 156 Å². The Morgan fingerprint density at radius 1 is 1.24 bits per heavy atom. The molecule has 0 radical (unpaired) electrons. The van der Waals surface area contributed by atoms with Crippen molar-refractivity contribution < 1.29 is 14.3 Å². The van der Waals surface area contributed by atoms with Crippen LogP contribution in [0.25, 0.3) is 0 Å². The summed E-state index contributed by atoms with van der Waals surface area (Å²) in [4.78, 5) is 12.1. The van der Waals surface area contributed by atoms with Crippen molar-refractivity contribution in [3.63, 3.8) is 0 Å². The fraction of sp³-hybridized carbons (Fsp3) is 0.222. The molecule has 0 saturated carbocycles. The highest BCUT2D eigenvalue weighted by atomic mass is 35.5. The minimum Gasteiger partial charge on any atom is -0.493 e. The summed E-state index contributed by atoms with van der Waals surface area (Å²) in [5, 5.41) is 12.7. The lowest BCUT2D eigenvalue weighted by Crippen LogP contribution is -2.31. The zero-order valence-electron chi connectivity index (χ0n) is 13.7. The summed E-state index contributed by atoms with van der Waals surface area (Å²) < 4.78 is 10.6. The van der Waals surface area contributed by atoms with Crippen LogP contribution in [0.2, 0.25) is 10.0 Å². The summed E-state index contributed by atoms with van der Waals surface area (Å²) in [6, 6.07) is 11.5. The third kappa shape index (κ3) is 5.02. The van der Waals surface area contributed by atoms with Gasteiger partial charge in [0, 0.05) is 16.1 Å². The van der Waals surface area contributed by atoms with E-state index < -0.39 is 0 Å². The number of hydrogen-bond donors (Lipinski definition) is 1. The maximum Gasteiger partial charge on any atom is 0.258 e. The van der Waals surface area contributed by atoms with Gasteiger partial charge in [-0.15, -0.1) is 0 Å². The number of halogens is 2. The van der Waals surface area contributed by atoms with Crippen molar-refractivity contribution in [2.24, 2.45) is 0 Å². The smallest absolute Gasteiger partial charge is 0.258 e. The van der Waals surface area contributed by atoms with Gasteiger partial charge in [-0.05, 0) is 36.8 Å². The second-order valence-corrected chi connectivity index (χ2v) is 6.06. The summed E-state index contributed by atoms with van der Waals surface area (Å²) in [6.07, 6.45) is 0. The number of carbonyl (C=O) groups excluding carboxylic acids is 1. The highest BCUT2D eigenvalue weighted by molar-refractivity contribution is 6.35. The minimum absolute atomic E-state index is 0.197. The van der Waals surface area contributed by atoms with Crippen molar-refractivity contribution >= 4 is 29.1 Å². The molecule has 0 aliphatic heterocycles. The van der Waals surface area contributed by atoms with Crippen molar-refractivity contribution in [3.8, 4) is 17.6 Å². The van der Waals surface area contributed by atoms with Crippen LogP contribution < -0.4 is 14.8 Å². The van der Waals surface area contributed by atoms with Crippen LogP contribution in [0.3, 0.4) is 0 Å². The first-order chi connectivity index (χ1) is 11.9. The number of benzene rings is 2. The third-order valence-corrected chi connectivity index (χ3v) is 4.02. The Morgan fingerprint density at radius 3 is 2.64 bits per heavy atom. The number of ether oxygens (including phenoxy) is 2. The van der Waals surface area contributed by atoms with Crippen LogP contribution in [0, 0.1) is 11.3 Å². The first-order valence-corrected chi connectivity index (χ1v) is 8.15. The Kier molecular flexibility index (Phi) is 6.51. The first kappa shape index (κ1) is 18.9. The predicted octanol–water partition coefficient (Wildman–Crippen LogP) is 4.13. The molecular weight excluding hydrogens is 363 g/mol. The molecule has 0 bridgehead atoms. The van der Waals surface area contributed by atoms with E-state index in [4.69, 9.17) is 37.9 Å². The summed E-state index contributed by atoms with van der Waals surface area (Å²) >= 11 is 12.0. The standard InChI is InChI=1S/C18H16Cl2N2O3/c1-11(14-5-4-13(19)8-15(14)20)22-18(23)10-25-16-6-3-12(9-21)7-17(16)24-2/h3-8,11H,10H2,1-2H3,(H,22,23). The second-order valence-electron chi connectivity index (χ2n) is 5.22. The fourth-order valence-corrected chi connectivity index (χ4v) is 2.79. The molecule has 0 fully saturated rings. The molecule has 2 aromatic rings. The maximum atomic E-state index is 12.1. The van der Waals surface area contributed by atoms with Gasteiger partial charge in [-0.3, -0.25) is 4.79 Å². The lowest BCUT2D eigenvalue weighted by Gasteiger charge is -2.17. The molecule has 0 heterocycles. The van der Waals surface area contributed by atoms with Crippen LogP contribution in [0.15, 0.2) is 36.4 Å². The zero-order chi connectivity index (χ0) is 18.4. The van der Waals surface area contributed by atoms with Gasteiger partial charge in [-0.25, -0.2) is 0 Å². The van der Waals surface area contributed by atoms with E-state index in [2.05, 4.69) is 5.32 Å². The molecule has 2 rings (SSSR count). The Hall–Kier alpha value is -2.42. The minimum atomic E-state index is -0.315. The second kappa shape index (κ2) is 8.61. The summed E-state index contributed by atoms with van der Waals surface area (Å²) in [6.45, 7) is 1.62. The van der Waals surface area contributed by atoms with Crippen molar-refractivity contribution in [1.82, 2.24) is 5.32 Å². The largest absolute Gasteiger partial charge is 0.493 e. The molecule has 130 valence electrons. The number of carbonyl (C=O) groups is 1. The zero-order valence-corrected chi connectivity index (χ0v) is 15.2. The van der Waals surface area contributed by atoms with Crippen LogP contribution in [-0.2, 0) is 4.79 Å². The molecule has 25 heavy (non-hydrogen) atoms. The normalized spacial score (nSPS) is 11.3. The Bertz CT molecular complexity index is 818. The highest BCUT2D eigenvalue weighted by Gasteiger charge is 2.14. The molecule has 1 amide bonds. The maximum absolute atomic E-state index is 12.1. The molecule has 0 spiro atoms. The van der Waals surface area contributed by atoms with Crippen LogP contribution in [0.1, 0.15) is 24.1 Å². The molecule has 7 heteroatoms. The summed E-state index contributed by atoms with van der Waals surface area (Å²) in [7, 11) is 1.47. The molecule has 1 unspecified atom stereocenters. The number of nitrogens with zero attached hydrogens (tertiary/aromatic N) is 1. The SMILES string of the molecule is COc1cc(C#N)ccc1OCC(=O)NC(C)c1ccc(Cl)cc1Cl. The number of nitriles is 1. The molecule has 2 aromatic carbocycles. The quantitative estimate of drug-likeness (QED) is 0.819. The molecule has 5 nitrogen and oxygen atoms in total. The van der Waals surface area contributed by atoms with E-state index in [9.17, 15) is 4.79 Å². The van der Waals surface area contributed by atoms with Crippen molar-refractivity contribution in [3.05, 3.63) is 57.6 Å². The highest BCUT2D eigenvalue weighted by Crippen LogP contribution is 2.28. The Balaban J connectivity index is 1.98. The number of hydrogen-bond acceptors (Lipinski definition) is 4. The molecule has 0 aliphatic carbocycles. The number of amides is 1. The molecule has 1 N–H and O–H groups in total. The van der Waals surface area contributed by atoms with Crippen LogP contribution in [0.5, 0.6) is 11.5 Å². The lowest BCUT2D eigenvalue weighted by atomic mass is 10.1. The van der Waals surface area contributed by atoms with E-state index in [-0.39, 0.29) is 18.6 Å². The van der Waals surface area contributed by atoms with Gasteiger partial charge in [0.15, 0.2) is 18.1 Å². The van der Waals surface area contributed by atoms with Crippen molar-refractivity contribution in [2.45, 2.75) is 13.0 Å². The van der Waals surface area contributed by atoms with Gasteiger partial charge in [-0.1, -0.05) is 29.3 Å². The molecule has 0 saturated heterocycles. The number of nitrogens with one attached hydrogen (secondary N) is 1. The lowest BCUT2D eigenvalue weighted by molar-refractivity contribution is -0.123. The van der Waals surface area contributed by atoms with E-state index in [1.54, 1.807) is 36.4 Å². The number of rotatable bonds is 6. The fourth-order valence-electron chi connectivity index (χ4n) is 2.21. The van der Waals surface area contributed by atoms with Crippen LogP contribution in [0.4, 0.5) is 0 Å². The number of methoxy groups -OCH3 is 1. The molecule has 0 aliphatic rings. The van der Waals surface area contributed by atoms with E-state index in [1.165, 1.54) is 7.11 Å². The topological polar surface area (TPSA) is 71.3 Å². The molecule has 1 atom stereocenters. The van der Waals surface area contributed by atoms with Crippen molar-refractivity contribution in [2.75, 3.05) is 13.7 Å². The Morgan fingerprint density at radius 2 is 2.00 bits per heavy atom. The average Bonchev–Trinajstić information content (AvgIpc) is 2.59.